The van der Waals surface area contributed by atoms with Gasteiger partial charge < -0.3 is 11.1 Å². The Labute approximate surface area is 98.6 Å². The highest BCUT2D eigenvalue weighted by molar-refractivity contribution is 5.75. The van der Waals surface area contributed by atoms with E-state index in [9.17, 15) is 4.79 Å². The van der Waals surface area contributed by atoms with Gasteiger partial charge in [0.25, 0.3) is 0 Å². The first kappa shape index (κ1) is 13.5. The number of carbonyl (C=O) groups excluding carboxylic acids is 1. The highest BCUT2D eigenvalue weighted by Gasteiger charge is 2.16. The van der Waals surface area contributed by atoms with E-state index in [4.69, 9.17) is 5.73 Å². The van der Waals surface area contributed by atoms with E-state index in [0.29, 0.717) is 18.6 Å². The molecule has 0 aliphatic carbocycles. The van der Waals surface area contributed by atoms with Gasteiger partial charge in [0.2, 0.25) is 5.91 Å². The van der Waals surface area contributed by atoms with Gasteiger partial charge in [-0.2, -0.15) is 0 Å². The lowest BCUT2D eigenvalue weighted by atomic mass is 10.0. The first-order chi connectivity index (χ1) is 7.59. The highest BCUT2D eigenvalue weighted by Crippen LogP contribution is 2.11. The molecule has 94 valence electrons. The predicted molar refractivity (Wildman–Crippen MR) is 66.2 cm³/mol. The zero-order valence-electron chi connectivity index (χ0n) is 10.5. The molecule has 0 bridgehead atoms. The van der Waals surface area contributed by atoms with E-state index in [1.54, 1.807) is 0 Å². The fraction of sp³-hybridized carbons (Fsp3) is 0.917. The van der Waals surface area contributed by atoms with Crippen LogP contribution in [0.4, 0.5) is 0 Å². The van der Waals surface area contributed by atoms with Gasteiger partial charge in [0, 0.05) is 18.6 Å². The summed E-state index contributed by atoms with van der Waals surface area (Å²) in [6.45, 7) is 6.69. The van der Waals surface area contributed by atoms with Crippen LogP contribution in [0, 0.1) is 0 Å². The molecule has 1 rings (SSSR count). The highest BCUT2D eigenvalue weighted by atomic mass is 16.1. The van der Waals surface area contributed by atoms with E-state index in [1.807, 2.05) is 0 Å². The molecule has 1 saturated heterocycles. The Morgan fingerprint density at radius 2 is 2.25 bits per heavy atom. The summed E-state index contributed by atoms with van der Waals surface area (Å²) in [5.74, 6) is -0.231. The average molecular weight is 227 g/mol. The maximum atomic E-state index is 10.9. The smallest absolute Gasteiger partial charge is 0.231 e. The third-order valence-corrected chi connectivity index (χ3v) is 3.27. The minimum atomic E-state index is -0.231. The minimum Gasteiger partial charge on any atom is -0.369 e. The number of hydrogen-bond acceptors (Lipinski definition) is 3. The number of primary amides is 1. The molecule has 0 radical (unpaired) electrons. The van der Waals surface area contributed by atoms with Crippen molar-refractivity contribution in [2.45, 2.75) is 51.6 Å². The van der Waals surface area contributed by atoms with Crippen molar-refractivity contribution in [3.05, 3.63) is 0 Å². The summed E-state index contributed by atoms with van der Waals surface area (Å²) in [6, 6.07) is 1.01. The van der Waals surface area contributed by atoms with Crippen molar-refractivity contribution in [2.24, 2.45) is 5.73 Å². The molecule has 0 aromatic heterocycles. The quantitative estimate of drug-likeness (QED) is 0.703. The molecule has 4 nitrogen and oxygen atoms in total. The molecule has 1 aliphatic rings. The molecule has 0 spiro atoms. The number of hydrogen-bond donors (Lipinski definition) is 2. The molecule has 0 aromatic rings. The van der Waals surface area contributed by atoms with Gasteiger partial charge in [0.05, 0.1) is 6.54 Å². The van der Waals surface area contributed by atoms with Crippen molar-refractivity contribution in [3.63, 3.8) is 0 Å². The maximum Gasteiger partial charge on any atom is 0.231 e. The second-order valence-electron chi connectivity index (χ2n) is 4.97. The molecule has 16 heavy (non-hydrogen) atoms. The molecule has 1 aliphatic heterocycles. The molecular weight excluding hydrogens is 202 g/mol. The summed E-state index contributed by atoms with van der Waals surface area (Å²) in [4.78, 5) is 13.1. The van der Waals surface area contributed by atoms with Gasteiger partial charge in [-0.15, -0.1) is 0 Å². The van der Waals surface area contributed by atoms with Crippen LogP contribution >= 0.6 is 0 Å². The molecule has 1 amide bonds. The van der Waals surface area contributed by atoms with E-state index in [1.165, 1.54) is 19.3 Å². The summed E-state index contributed by atoms with van der Waals surface area (Å²) < 4.78 is 0. The van der Waals surface area contributed by atoms with Crippen LogP contribution < -0.4 is 11.1 Å². The van der Waals surface area contributed by atoms with E-state index < -0.39 is 0 Å². The SMILES string of the molecule is CC(C)N(CCC1CCCCN1)CC(N)=O. The Hall–Kier alpha value is -0.610. The molecule has 4 heteroatoms. The number of amides is 1. The number of rotatable bonds is 6. The van der Waals surface area contributed by atoms with Crippen molar-refractivity contribution in [3.8, 4) is 0 Å². The number of carbonyl (C=O) groups is 1. The summed E-state index contributed by atoms with van der Waals surface area (Å²) in [5, 5.41) is 3.52. The van der Waals surface area contributed by atoms with Gasteiger partial charge >= 0.3 is 0 Å². The Balaban J connectivity index is 2.28. The maximum absolute atomic E-state index is 10.9. The number of nitrogens with zero attached hydrogens (tertiary/aromatic N) is 1. The second-order valence-corrected chi connectivity index (χ2v) is 4.97. The number of piperidine rings is 1. The van der Waals surface area contributed by atoms with Crippen molar-refractivity contribution in [2.75, 3.05) is 19.6 Å². The van der Waals surface area contributed by atoms with Crippen LogP contribution in [0.15, 0.2) is 0 Å². The van der Waals surface area contributed by atoms with Crippen LogP contribution in [0.3, 0.4) is 0 Å². The fourth-order valence-electron chi connectivity index (χ4n) is 2.21. The summed E-state index contributed by atoms with van der Waals surface area (Å²) in [6.07, 6.45) is 5.01. The normalized spacial score (nSPS) is 21.6. The summed E-state index contributed by atoms with van der Waals surface area (Å²) in [5.41, 5.74) is 5.24. The Morgan fingerprint density at radius 1 is 1.50 bits per heavy atom. The second kappa shape index (κ2) is 6.86. The van der Waals surface area contributed by atoms with Gasteiger partial charge in [0.15, 0.2) is 0 Å². The van der Waals surface area contributed by atoms with Gasteiger partial charge in [-0.25, -0.2) is 0 Å². The van der Waals surface area contributed by atoms with Crippen molar-refractivity contribution in [1.29, 1.82) is 0 Å². The lowest BCUT2D eigenvalue weighted by Crippen LogP contribution is -2.42. The number of nitrogens with one attached hydrogen (secondary N) is 1. The zero-order chi connectivity index (χ0) is 12.0. The van der Waals surface area contributed by atoms with Crippen LogP contribution in [0.1, 0.15) is 39.5 Å². The van der Waals surface area contributed by atoms with E-state index in [2.05, 4.69) is 24.1 Å². The van der Waals surface area contributed by atoms with E-state index in [0.717, 1.165) is 19.5 Å². The summed E-state index contributed by atoms with van der Waals surface area (Å²) >= 11 is 0. The molecule has 1 fully saturated rings. The molecule has 1 unspecified atom stereocenters. The topological polar surface area (TPSA) is 58.4 Å². The third-order valence-electron chi connectivity index (χ3n) is 3.27. The molecule has 1 heterocycles. The third kappa shape index (κ3) is 4.94. The number of nitrogens with two attached hydrogens (primary N) is 1. The monoisotopic (exact) mass is 227 g/mol. The van der Waals surface area contributed by atoms with Crippen LogP contribution in [-0.4, -0.2) is 42.5 Å². The lowest BCUT2D eigenvalue weighted by molar-refractivity contribution is -0.119. The van der Waals surface area contributed by atoms with Crippen LogP contribution in [-0.2, 0) is 4.79 Å². The zero-order valence-corrected chi connectivity index (χ0v) is 10.5. The summed E-state index contributed by atoms with van der Waals surface area (Å²) in [7, 11) is 0. The van der Waals surface area contributed by atoms with Gasteiger partial charge in [-0.1, -0.05) is 6.42 Å². The van der Waals surface area contributed by atoms with Crippen LogP contribution in [0.2, 0.25) is 0 Å². The largest absolute Gasteiger partial charge is 0.369 e. The molecule has 1 atom stereocenters. The molecule has 0 aromatic carbocycles. The molecule has 0 saturated carbocycles. The fourth-order valence-corrected chi connectivity index (χ4v) is 2.21. The van der Waals surface area contributed by atoms with Crippen LogP contribution in [0.25, 0.3) is 0 Å². The van der Waals surface area contributed by atoms with Gasteiger partial charge in [-0.3, -0.25) is 9.69 Å². The lowest BCUT2D eigenvalue weighted by Gasteiger charge is -2.29. The van der Waals surface area contributed by atoms with E-state index in [-0.39, 0.29) is 5.91 Å². The van der Waals surface area contributed by atoms with Gasteiger partial charge in [0.1, 0.15) is 0 Å². The van der Waals surface area contributed by atoms with Crippen molar-refractivity contribution in [1.82, 2.24) is 10.2 Å². The Morgan fingerprint density at radius 3 is 2.75 bits per heavy atom. The molecular formula is C12H25N3O. The predicted octanol–water partition coefficient (Wildman–Crippen LogP) is 0.714. The van der Waals surface area contributed by atoms with Crippen LogP contribution in [0.5, 0.6) is 0 Å². The first-order valence-electron chi connectivity index (χ1n) is 6.35. The Kier molecular flexibility index (Phi) is 5.77. The molecule has 3 N–H and O–H groups in total. The first-order valence-corrected chi connectivity index (χ1v) is 6.35. The van der Waals surface area contributed by atoms with E-state index >= 15 is 0 Å². The Bertz CT molecular complexity index is 212. The van der Waals surface area contributed by atoms with Crippen molar-refractivity contribution < 1.29 is 4.79 Å². The standard InChI is InChI=1S/C12H25N3O/c1-10(2)15(9-12(13)16)8-6-11-5-3-4-7-14-11/h10-11,14H,3-9H2,1-2H3,(H2,13,16). The average Bonchev–Trinajstić information content (AvgIpc) is 2.25. The minimum absolute atomic E-state index is 0.231. The van der Waals surface area contributed by atoms with Gasteiger partial charge in [-0.05, 0) is 39.7 Å². The van der Waals surface area contributed by atoms with Crippen molar-refractivity contribution >= 4 is 5.91 Å².